The van der Waals surface area contributed by atoms with Gasteiger partial charge >= 0.3 is 0 Å². The van der Waals surface area contributed by atoms with Crippen LogP contribution in [-0.2, 0) is 5.75 Å². The Kier molecular flexibility index (Phi) is 4.95. The fraction of sp³-hybridized carbons (Fsp3) is 0.130. The van der Waals surface area contributed by atoms with Gasteiger partial charge in [-0.25, -0.2) is 9.97 Å². The lowest BCUT2D eigenvalue weighted by atomic mass is 10.1. The van der Waals surface area contributed by atoms with Crippen molar-refractivity contribution in [3.63, 3.8) is 0 Å². The molecule has 2 aromatic carbocycles. The number of nitrogens with one attached hydrogen (secondary N) is 1. The second-order valence-corrected chi connectivity index (χ2v) is 9.14. The molecule has 0 aliphatic rings. The van der Waals surface area contributed by atoms with Gasteiger partial charge in [-0.05, 0) is 54.6 Å². The minimum atomic E-state index is -0.144. The summed E-state index contributed by atoms with van der Waals surface area (Å²) in [6.07, 6.45) is 0. The smallest absolute Gasteiger partial charge is 0.268 e. The first kappa shape index (κ1) is 19.7. The van der Waals surface area contributed by atoms with Crippen molar-refractivity contribution in [3.05, 3.63) is 91.6 Å². The molecule has 31 heavy (non-hydrogen) atoms. The molecule has 6 nitrogen and oxygen atoms in total. The van der Waals surface area contributed by atoms with Crippen LogP contribution in [0.25, 0.3) is 26.8 Å². The summed E-state index contributed by atoms with van der Waals surface area (Å²) in [5, 5.41) is 2.98. The van der Waals surface area contributed by atoms with Crippen molar-refractivity contribution < 1.29 is 0 Å². The average molecular weight is 447 g/mol. The second-order valence-electron chi connectivity index (χ2n) is 7.28. The zero-order valence-electron chi connectivity index (χ0n) is 16.9. The highest BCUT2D eigenvalue weighted by Crippen LogP contribution is 2.26. The number of thioether (sulfide) groups is 1. The molecule has 0 spiro atoms. The fourth-order valence-corrected chi connectivity index (χ4v) is 5.11. The molecular weight excluding hydrogens is 428 g/mol. The Labute approximate surface area is 185 Å². The molecule has 154 valence electrons. The van der Waals surface area contributed by atoms with Crippen molar-refractivity contribution in [3.8, 4) is 5.69 Å². The van der Waals surface area contributed by atoms with E-state index >= 15 is 0 Å². The number of aromatic amines is 1. The van der Waals surface area contributed by atoms with Crippen molar-refractivity contribution in [2.75, 3.05) is 0 Å². The minimum Gasteiger partial charge on any atom is -0.309 e. The Bertz CT molecular complexity index is 1570. The van der Waals surface area contributed by atoms with E-state index < -0.39 is 0 Å². The summed E-state index contributed by atoms with van der Waals surface area (Å²) in [5.41, 5.74) is 3.92. The van der Waals surface area contributed by atoms with Gasteiger partial charge < -0.3 is 4.98 Å². The summed E-state index contributed by atoms with van der Waals surface area (Å²) in [6.45, 7) is 3.98. The quantitative estimate of drug-likeness (QED) is 0.323. The van der Waals surface area contributed by atoms with Crippen LogP contribution in [-0.4, -0.2) is 19.5 Å². The first-order valence-corrected chi connectivity index (χ1v) is 11.6. The molecule has 3 heterocycles. The number of benzene rings is 2. The number of fused-ring (bicyclic) bond motifs is 2. The molecule has 0 bridgehead atoms. The van der Waals surface area contributed by atoms with E-state index in [1.807, 2.05) is 61.7 Å². The molecule has 3 aromatic heterocycles. The molecule has 0 atom stereocenters. The SMILES string of the molecule is Cc1ccc(C)c(-n2c(SCc3nc4ccsc4c(=O)[nH]3)nc3ccccc3c2=O)c1. The monoisotopic (exact) mass is 446 g/mol. The highest BCUT2D eigenvalue weighted by Gasteiger charge is 2.16. The van der Waals surface area contributed by atoms with E-state index in [0.29, 0.717) is 37.9 Å². The van der Waals surface area contributed by atoms with Gasteiger partial charge in [-0.15, -0.1) is 11.3 Å². The number of hydrogen-bond acceptors (Lipinski definition) is 6. The van der Waals surface area contributed by atoms with Gasteiger partial charge in [-0.3, -0.25) is 14.2 Å². The van der Waals surface area contributed by atoms with Crippen LogP contribution >= 0.6 is 23.1 Å². The molecular formula is C23H18N4O2S2. The van der Waals surface area contributed by atoms with Crippen LogP contribution in [0.1, 0.15) is 17.0 Å². The average Bonchev–Trinajstić information content (AvgIpc) is 3.24. The Morgan fingerprint density at radius 2 is 1.87 bits per heavy atom. The lowest BCUT2D eigenvalue weighted by molar-refractivity contribution is 0.812. The number of hydrogen-bond donors (Lipinski definition) is 1. The van der Waals surface area contributed by atoms with Crippen LogP contribution in [0.4, 0.5) is 0 Å². The Morgan fingerprint density at radius 3 is 2.74 bits per heavy atom. The highest BCUT2D eigenvalue weighted by molar-refractivity contribution is 7.98. The van der Waals surface area contributed by atoms with E-state index in [1.54, 1.807) is 10.6 Å². The minimum absolute atomic E-state index is 0.114. The molecule has 0 aliphatic heterocycles. The molecule has 0 unspecified atom stereocenters. The van der Waals surface area contributed by atoms with E-state index in [4.69, 9.17) is 4.98 Å². The van der Waals surface area contributed by atoms with Crippen molar-refractivity contribution in [1.29, 1.82) is 0 Å². The number of thiophene rings is 1. The summed E-state index contributed by atoms with van der Waals surface area (Å²) in [7, 11) is 0. The standard InChI is InChI=1S/C23H18N4O2S2/c1-13-7-8-14(2)18(11-13)27-22(29)15-5-3-4-6-16(15)25-23(27)31-12-19-24-17-9-10-30-20(17)21(28)26-19/h3-11H,12H2,1-2H3,(H,24,26,28). The third kappa shape index (κ3) is 3.58. The third-order valence-corrected chi connectivity index (χ3v) is 6.90. The molecule has 5 rings (SSSR count). The number of para-hydroxylation sites is 1. The van der Waals surface area contributed by atoms with Gasteiger partial charge in [-0.1, -0.05) is 36.0 Å². The van der Waals surface area contributed by atoms with Gasteiger partial charge in [0.05, 0.1) is 27.9 Å². The van der Waals surface area contributed by atoms with Gasteiger partial charge in [0, 0.05) is 0 Å². The van der Waals surface area contributed by atoms with Crippen LogP contribution in [0.15, 0.2) is 68.7 Å². The molecule has 0 fully saturated rings. The highest BCUT2D eigenvalue weighted by atomic mass is 32.2. The van der Waals surface area contributed by atoms with Crippen LogP contribution in [0.5, 0.6) is 0 Å². The van der Waals surface area contributed by atoms with Crippen molar-refractivity contribution in [2.24, 2.45) is 0 Å². The van der Waals surface area contributed by atoms with Gasteiger partial charge in [0.1, 0.15) is 10.5 Å². The van der Waals surface area contributed by atoms with Crippen molar-refractivity contribution in [2.45, 2.75) is 24.8 Å². The van der Waals surface area contributed by atoms with Crippen molar-refractivity contribution in [1.82, 2.24) is 19.5 Å². The van der Waals surface area contributed by atoms with Gasteiger partial charge in [-0.2, -0.15) is 0 Å². The normalized spacial score (nSPS) is 11.4. The van der Waals surface area contributed by atoms with Gasteiger partial charge in [0.2, 0.25) is 0 Å². The predicted molar refractivity (Wildman–Crippen MR) is 127 cm³/mol. The van der Waals surface area contributed by atoms with E-state index in [-0.39, 0.29) is 11.1 Å². The van der Waals surface area contributed by atoms with E-state index in [1.165, 1.54) is 23.1 Å². The molecule has 0 saturated carbocycles. The van der Waals surface area contributed by atoms with Crippen LogP contribution in [0.2, 0.25) is 0 Å². The second kappa shape index (κ2) is 7.79. The topological polar surface area (TPSA) is 80.6 Å². The molecule has 0 radical (unpaired) electrons. The van der Waals surface area contributed by atoms with Crippen LogP contribution in [0.3, 0.4) is 0 Å². The summed E-state index contributed by atoms with van der Waals surface area (Å²) in [6, 6.07) is 15.2. The number of H-pyrrole nitrogens is 1. The number of aryl methyl sites for hydroxylation is 2. The maximum absolute atomic E-state index is 13.5. The number of nitrogens with zero attached hydrogens (tertiary/aromatic N) is 3. The molecule has 0 amide bonds. The zero-order chi connectivity index (χ0) is 21.5. The first-order valence-electron chi connectivity index (χ1n) is 9.70. The summed E-state index contributed by atoms with van der Waals surface area (Å²) in [4.78, 5) is 37.9. The summed E-state index contributed by atoms with van der Waals surface area (Å²) < 4.78 is 2.28. The summed E-state index contributed by atoms with van der Waals surface area (Å²) in [5.74, 6) is 0.937. The Hall–Kier alpha value is -3.23. The zero-order valence-corrected chi connectivity index (χ0v) is 18.5. The first-order chi connectivity index (χ1) is 15.0. The van der Waals surface area contributed by atoms with E-state index in [9.17, 15) is 9.59 Å². The van der Waals surface area contributed by atoms with Crippen LogP contribution in [0, 0.1) is 13.8 Å². The maximum Gasteiger partial charge on any atom is 0.268 e. The Balaban J connectivity index is 1.65. The van der Waals surface area contributed by atoms with Gasteiger partial charge in [0.25, 0.3) is 11.1 Å². The third-order valence-electron chi connectivity index (χ3n) is 5.05. The lowest BCUT2D eigenvalue weighted by Gasteiger charge is -2.15. The van der Waals surface area contributed by atoms with Gasteiger partial charge in [0.15, 0.2) is 5.16 Å². The van der Waals surface area contributed by atoms with Crippen LogP contribution < -0.4 is 11.1 Å². The number of aromatic nitrogens is 4. The van der Waals surface area contributed by atoms with E-state index in [0.717, 1.165) is 16.8 Å². The Morgan fingerprint density at radius 1 is 1.03 bits per heavy atom. The fourth-order valence-electron chi connectivity index (χ4n) is 3.50. The lowest BCUT2D eigenvalue weighted by Crippen LogP contribution is -2.22. The van der Waals surface area contributed by atoms with E-state index in [2.05, 4.69) is 9.97 Å². The van der Waals surface area contributed by atoms with Crippen molar-refractivity contribution >= 4 is 44.2 Å². The number of rotatable bonds is 4. The molecule has 5 aromatic rings. The summed E-state index contributed by atoms with van der Waals surface area (Å²) >= 11 is 2.75. The largest absolute Gasteiger partial charge is 0.309 e. The maximum atomic E-state index is 13.5. The predicted octanol–water partition coefficient (Wildman–Crippen LogP) is 4.59. The molecule has 0 saturated heterocycles. The molecule has 1 N–H and O–H groups in total. The molecule has 8 heteroatoms. The molecule has 0 aliphatic carbocycles.